The van der Waals surface area contributed by atoms with Gasteiger partial charge in [-0.1, -0.05) is 48.0 Å². The predicted octanol–water partition coefficient (Wildman–Crippen LogP) is 2.87. The van der Waals surface area contributed by atoms with Gasteiger partial charge in [-0.3, -0.25) is 9.69 Å². The van der Waals surface area contributed by atoms with E-state index in [1.807, 2.05) is 37.3 Å². The van der Waals surface area contributed by atoms with E-state index < -0.39 is 5.60 Å². The van der Waals surface area contributed by atoms with Crippen LogP contribution < -0.4 is 10.1 Å². The molecule has 0 unspecified atom stereocenters. The lowest BCUT2D eigenvalue weighted by molar-refractivity contribution is -0.123. The number of carbonyl (C=O) groups is 1. The molecule has 0 bridgehead atoms. The van der Waals surface area contributed by atoms with Crippen LogP contribution in [-0.2, 0) is 11.2 Å². The number of amides is 1. The van der Waals surface area contributed by atoms with Gasteiger partial charge < -0.3 is 15.2 Å². The number of nitrogens with one attached hydrogen (secondary N) is 1. The maximum atomic E-state index is 12.2. The van der Waals surface area contributed by atoms with Crippen molar-refractivity contribution in [2.45, 2.75) is 38.7 Å². The third-order valence-corrected chi connectivity index (χ3v) is 5.56. The molecule has 1 amide bonds. The lowest BCUT2D eigenvalue weighted by Gasteiger charge is -2.37. The fraction of sp³-hybridized carbons (Fsp3) is 0.458. The van der Waals surface area contributed by atoms with E-state index in [1.54, 1.807) is 0 Å². The normalized spacial score (nSPS) is 16.4. The van der Waals surface area contributed by atoms with Crippen LogP contribution in [0.2, 0.25) is 0 Å². The van der Waals surface area contributed by atoms with Crippen LogP contribution in [0.3, 0.4) is 0 Å². The number of ether oxygens (including phenoxy) is 1. The lowest BCUT2D eigenvalue weighted by Crippen LogP contribution is -2.50. The number of hydrogen-bond donors (Lipinski definition) is 2. The van der Waals surface area contributed by atoms with Gasteiger partial charge in [-0.25, -0.2) is 0 Å². The summed E-state index contributed by atoms with van der Waals surface area (Å²) in [5.41, 5.74) is 2.67. The summed E-state index contributed by atoms with van der Waals surface area (Å²) in [6, 6.07) is 16.2. The molecular weight excluding hydrogens is 364 g/mol. The average Bonchev–Trinajstić information content (AvgIpc) is 2.70. The Hall–Kier alpha value is -2.37. The molecule has 1 heterocycles. The van der Waals surface area contributed by atoms with Crippen LogP contribution in [0.5, 0.6) is 5.75 Å². The maximum Gasteiger partial charge on any atom is 0.234 e. The van der Waals surface area contributed by atoms with Crippen LogP contribution >= 0.6 is 0 Å². The van der Waals surface area contributed by atoms with Crippen LogP contribution in [0.4, 0.5) is 0 Å². The molecule has 0 aliphatic carbocycles. The molecule has 1 saturated heterocycles. The zero-order valence-electron chi connectivity index (χ0n) is 17.5. The van der Waals surface area contributed by atoms with Crippen molar-refractivity contribution in [2.75, 3.05) is 32.8 Å². The first-order valence-electron chi connectivity index (χ1n) is 10.4. The fourth-order valence-corrected chi connectivity index (χ4v) is 3.70. The van der Waals surface area contributed by atoms with E-state index in [0.29, 0.717) is 39.0 Å². The van der Waals surface area contributed by atoms with E-state index in [0.717, 1.165) is 17.7 Å². The van der Waals surface area contributed by atoms with Crippen molar-refractivity contribution in [2.24, 2.45) is 0 Å². The molecule has 0 atom stereocenters. The molecule has 29 heavy (non-hydrogen) atoms. The minimum atomic E-state index is -0.836. The summed E-state index contributed by atoms with van der Waals surface area (Å²) in [5.74, 6) is 0.863. The van der Waals surface area contributed by atoms with Gasteiger partial charge in [0.1, 0.15) is 18.0 Å². The SMILES string of the molecule is Cc1ccc(OCC2(O)CCN(CC(=O)NCCc3ccccc3)CC2)c(C)c1. The summed E-state index contributed by atoms with van der Waals surface area (Å²) in [4.78, 5) is 14.3. The van der Waals surface area contributed by atoms with E-state index >= 15 is 0 Å². The summed E-state index contributed by atoms with van der Waals surface area (Å²) < 4.78 is 5.90. The quantitative estimate of drug-likeness (QED) is 0.720. The summed E-state index contributed by atoms with van der Waals surface area (Å²) in [6.45, 7) is 6.77. The topological polar surface area (TPSA) is 61.8 Å². The van der Waals surface area contributed by atoms with E-state index in [-0.39, 0.29) is 12.5 Å². The summed E-state index contributed by atoms with van der Waals surface area (Å²) in [5, 5.41) is 13.8. The van der Waals surface area contributed by atoms with E-state index in [9.17, 15) is 9.90 Å². The maximum absolute atomic E-state index is 12.2. The number of likely N-dealkylation sites (tertiary alicyclic amines) is 1. The van der Waals surface area contributed by atoms with E-state index in [2.05, 4.69) is 35.3 Å². The largest absolute Gasteiger partial charge is 0.490 e. The molecule has 0 spiro atoms. The van der Waals surface area contributed by atoms with Gasteiger partial charge in [-0.15, -0.1) is 0 Å². The third-order valence-electron chi connectivity index (χ3n) is 5.56. The first-order chi connectivity index (χ1) is 13.9. The highest BCUT2D eigenvalue weighted by atomic mass is 16.5. The zero-order chi connectivity index (χ0) is 20.7. The van der Waals surface area contributed by atoms with Gasteiger partial charge in [0, 0.05) is 19.6 Å². The Balaban J connectivity index is 1.37. The molecule has 5 nitrogen and oxygen atoms in total. The number of aryl methyl sites for hydroxylation is 2. The van der Waals surface area contributed by atoms with Crippen LogP contribution in [0, 0.1) is 13.8 Å². The number of nitrogens with zero attached hydrogens (tertiary/aromatic N) is 1. The smallest absolute Gasteiger partial charge is 0.234 e. The minimum absolute atomic E-state index is 0.0397. The molecule has 3 rings (SSSR count). The first kappa shape index (κ1) is 21.3. The Kier molecular flexibility index (Phi) is 7.29. The summed E-state index contributed by atoms with van der Waals surface area (Å²) >= 11 is 0. The molecule has 5 heteroatoms. The molecule has 0 radical (unpaired) electrons. The number of benzene rings is 2. The highest BCUT2D eigenvalue weighted by molar-refractivity contribution is 5.78. The Labute approximate surface area is 173 Å². The number of aliphatic hydroxyl groups is 1. The van der Waals surface area contributed by atoms with Crippen LogP contribution in [0.15, 0.2) is 48.5 Å². The highest BCUT2D eigenvalue weighted by Crippen LogP contribution is 2.25. The standard InChI is InChI=1S/C24H32N2O3/c1-19-8-9-22(20(2)16-19)29-18-24(28)11-14-26(15-12-24)17-23(27)25-13-10-21-6-4-3-5-7-21/h3-9,16,28H,10-15,17-18H2,1-2H3,(H,25,27). The van der Waals surface area contributed by atoms with Gasteiger partial charge >= 0.3 is 0 Å². The second-order valence-electron chi connectivity index (χ2n) is 8.14. The molecule has 2 aromatic carbocycles. The molecule has 1 aliphatic rings. The number of carbonyl (C=O) groups excluding carboxylic acids is 1. The summed E-state index contributed by atoms with van der Waals surface area (Å²) in [7, 11) is 0. The Bertz CT molecular complexity index is 799. The molecule has 1 aliphatic heterocycles. The zero-order valence-corrected chi connectivity index (χ0v) is 17.5. The monoisotopic (exact) mass is 396 g/mol. The van der Waals surface area contributed by atoms with Gasteiger partial charge in [0.05, 0.1) is 6.54 Å². The van der Waals surface area contributed by atoms with Crippen molar-refractivity contribution in [3.8, 4) is 5.75 Å². The van der Waals surface area contributed by atoms with Gasteiger partial charge in [-0.05, 0) is 50.3 Å². The molecule has 0 saturated carbocycles. The average molecular weight is 397 g/mol. The lowest BCUT2D eigenvalue weighted by atomic mass is 9.92. The van der Waals surface area contributed by atoms with Gasteiger partial charge in [0.25, 0.3) is 0 Å². The number of piperidine rings is 1. The van der Waals surface area contributed by atoms with Crippen molar-refractivity contribution in [1.29, 1.82) is 0 Å². The molecular formula is C24H32N2O3. The second kappa shape index (κ2) is 9.90. The van der Waals surface area contributed by atoms with Crippen molar-refractivity contribution in [3.63, 3.8) is 0 Å². The van der Waals surface area contributed by atoms with Crippen molar-refractivity contribution >= 4 is 5.91 Å². The van der Waals surface area contributed by atoms with Crippen LogP contribution in [-0.4, -0.2) is 54.3 Å². The van der Waals surface area contributed by atoms with E-state index in [1.165, 1.54) is 11.1 Å². The van der Waals surface area contributed by atoms with Gasteiger partial charge in [-0.2, -0.15) is 0 Å². The molecule has 2 aromatic rings. The third kappa shape index (κ3) is 6.58. The minimum Gasteiger partial charge on any atom is -0.490 e. The second-order valence-corrected chi connectivity index (χ2v) is 8.14. The molecule has 2 N–H and O–H groups in total. The van der Waals surface area contributed by atoms with Crippen molar-refractivity contribution < 1.29 is 14.6 Å². The summed E-state index contributed by atoms with van der Waals surface area (Å²) in [6.07, 6.45) is 2.05. The first-order valence-corrected chi connectivity index (χ1v) is 10.4. The van der Waals surface area contributed by atoms with Gasteiger partial charge in [0.2, 0.25) is 5.91 Å². The number of rotatable bonds is 8. The van der Waals surface area contributed by atoms with Crippen molar-refractivity contribution in [3.05, 3.63) is 65.2 Å². The van der Waals surface area contributed by atoms with Crippen LogP contribution in [0.1, 0.15) is 29.5 Å². The fourth-order valence-electron chi connectivity index (χ4n) is 3.70. The predicted molar refractivity (Wildman–Crippen MR) is 115 cm³/mol. The van der Waals surface area contributed by atoms with Crippen LogP contribution in [0.25, 0.3) is 0 Å². The Morgan fingerprint density at radius 3 is 2.55 bits per heavy atom. The Morgan fingerprint density at radius 1 is 1.14 bits per heavy atom. The number of hydrogen-bond acceptors (Lipinski definition) is 4. The molecule has 156 valence electrons. The highest BCUT2D eigenvalue weighted by Gasteiger charge is 2.33. The van der Waals surface area contributed by atoms with Gasteiger partial charge in [0.15, 0.2) is 0 Å². The van der Waals surface area contributed by atoms with E-state index in [4.69, 9.17) is 4.74 Å². The van der Waals surface area contributed by atoms with Crippen molar-refractivity contribution in [1.82, 2.24) is 10.2 Å². The molecule has 0 aromatic heterocycles. The Morgan fingerprint density at radius 2 is 1.86 bits per heavy atom. The molecule has 1 fully saturated rings.